The Kier molecular flexibility index (Phi) is 3.70. The summed E-state index contributed by atoms with van der Waals surface area (Å²) in [7, 11) is 1.56. The number of aliphatic carboxylic acids is 1. The third kappa shape index (κ3) is 2.15. The minimum absolute atomic E-state index is 0.259. The molecule has 26 heavy (non-hydrogen) atoms. The van der Waals surface area contributed by atoms with Crippen LogP contribution < -0.4 is 14.7 Å². The summed E-state index contributed by atoms with van der Waals surface area (Å²) in [6.45, 7) is 5.87. The molecular weight excluding hydrogens is 334 g/mol. The van der Waals surface area contributed by atoms with Crippen LogP contribution in [0, 0.1) is 11.8 Å². The topological polar surface area (TPSA) is 78.9 Å². The number of rotatable bonds is 5. The summed E-state index contributed by atoms with van der Waals surface area (Å²) >= 11 is 0. The largest absolute Gasteiger partial charge is 0.550 e. The van der Waals surface area contributed by atoms with Gasteiger partial charge in [-0.2, -0.15) is 0 Å². The van der Waals surface area contributed by atoms with Crippen LogP contribution in [-0.2, 0) is 14.3 Å². The molecule has 6 nitrogen and oxygen atoms in total. The van der Waals surface area contributed by atoms with E-state index in [1.54, 1.807) is 36.3 Å². The highest BCUT2D eigenvalue weighted by Gasteiger charge is 2.69. The molecule has 0 unspecified atom stereocenters. The first-order valence-corrected chi connectivity index (χ1v) is 8.58. The maximum absolute atomic E-state index is 13.3. The summed E-state index contributed by atoms with van der Waals surface area (Å²) in [5.41, 5.74) is 0.583. The SMILES string of the molecule is C=C(C)C[C@H]1N(c2cccc(OC)c2)C(=O)[C@@H]2[C@H](C(=O)[O-])[C@@H]3C=C[C@]21O3. The molecule has 0 aliphatic carbocycles. The van der Waals surface area contributed by atoms with E-state index in [4.69, 9.17) is 9.47 Å². The predicted octanol–water partition coefficient (Wildman–Crippen LogP) is 1.07. The van der Waals surface area contributed by atoms with Crippen LogP contribution in [0.3, 0.4) is 0 Å². The van der Waals surface area contributed by atoms with Gasteiger partial charge in [0.1, 0.15) is 11.4 Å². The molecule has 2 fully saturated rings. The van der Waals surface area contributed by atoms with Crippen molar-refractivity contribution in [3.8, 4) is 5.75 Å². The van der Waals surface area contributed by atoms with Crippen LogP contribution in [0.4, 0.5) is 5.69 Å². The highest BCUT2D eigenvalue weighted by atomic mass is 16.5. The van der Waals surface area contributed by atoms with E-state index < -0.39 is 29.5 Å². The molecule has 1 aromatic carbocycles. The quantitative estimate of drug-likeness (QED) is 0.739. The van der Waals surface area contributed by atoms with Crippen molar-refractivity contribution in [3.63, 3.8) is 0 Å². The Labute approximate surface area is 151 Å². The number of ether oxygens (including phenoxy) is 2. The summed E-state index contributed by atoms with van der Waals surface area (Å²) < 4.78 is 11.4. The number of nitrogens with zero attached hydrogens (tertiary/aromatic N) is 1. The molecule has 0 aromatic heterocycles. The van der Waals surface area contributed by atoms with Crippen molar-refractivity contribution in [3.05, 3.63) is 48.6 Å². The van der Waals surface area contributed by atoms with Crippen LogP contribution in [0.25, 0.3) is 0 Å². The third-order valence-electron chi connectivity index (χ3n) is 5.57. The zero-order valence-electron chi connectivity index (χ0n) is 14.7. The van der Waals surface area contributed by atoms with Crippen LogP contribution in [0.1, 0.15) is 13.3 Å². The highest BCUT2D eigenvalue weighted by molar-refractivity contribution is 6.03. The van der Waals surface area contributed by atoms with Gasteiger partial charge in [-0.15, -0.1) is 6.58 Å². The lowest BCUT2D eigenvalue weighted by Crippen LogP contribution is -2.46. The van der Waals surface area contributed by atoms with Gasteiger partial charge in [-0.1, -0.05) is 23.8 Å². The van der Waals surface area contributed by atoms with Gasteiger partial charge in [-0.3, -0.25) is 4.79 Å². The molecule has 1 aromatic rings. The number of benzene rings is 1. The number of methoxy groups -OCH3 is 1. The molecule has 1 amide bonds. The van der Waals surface area contributed by atoms with Gasteiger partial charge in [0, 0.05) is 23.6 Å². The third-order valence-corrected chi connectivity index (χ3v) is 5.57. The number of anilines is 1. The molecule has 136 valence electrons. The van der Waals surface area contributed by atoms with Crippen LogP contribution in [-0.4, -0.2) is 36.7 Å². The van der Waals surface area contributed by atoms with E-state index in [1.165, 1.54) is 0 Å². The van der Waals surface area contributed by atoms with Crippen molar-refractivity contribution in [2.24, 2.45) is 11.8 Å². The number of hydrogen-bond donors (Lipinski definition) is 0. The molecule has 2 bridgehead atoms. The molecule has 4 rings (SSSR count). The number of fused-ring (bicyclic) bond motifs is 1. The fraction of sp³-hybridized carbons (Fsp3) is 0.400. The van der Waals surface area contributed by atoms with Crippen molar-refractivity contribution in [2.45, 2.75) is 31.1 Å². The molecule has 5 atom stereocenters. The van der Waals surface area contributed by atoms with Crippen molar-refractivity contribution >= 4 is 17.6 Å². The summed E-state index contributed by atoms with van der Waals surface area (Å²) in [6, 6.07) is 6.81. The average molecular weight is 354 g/mol. The second-order valence-electron chi connectivity index (χ2n) is 7.20. The fourth-order valence-electron chi connectivity index (χ4n) is 4.57. The van der Waals surface area contributed by atoms with Gasteiger partial charge < -0.3 is 24.3 Å². The van der Waals surface area contributed by atoms with Gasteiger partial charge >= 0.3 is 0 Å². The molecular formula is C20H20NO5-. The smallest absolute Gasteiger partial charge is 0.234 e. The number of carboxylic acids is 1. The first-order valence-electron chi connectivity index (χ1n) is 8.58. The van der Waals surface area contributed by atoms with Crippen molar-refractivity contribution < 1.29 is 24.2 Å². The minimum atomic E-state index is -1.25. The number of carboxylic acid groups (broad SMARTS) is 1. The van der Waals surface area contributed by atoms with Gasteiger partial charge in [-0.05, 0) is 25.5 Å². The zero-order chi connectivity index (χ0) is 18.6. The maximum Gasteiger partial charge on any atom is 0.234 e. The van der Waals surface area contributed by atoms with Crippen LogP contribution >= 0.6 is 0 Å². The zero-order valence-corrected chi connectivity index (χ0v) is 14.7. The lowest BCUT2D eigenvalue weighted by atomic mass is 9.74. The van der Waals surface area contributed by atoms with Crippen molar-refractivity contribution in [2.75, 3.05) is 12.0 Å². The van der Waals surface area contributed by atoms with Crippen molar-refractivity contribution in [1.29, 1.82) is 0 Å². The van der Waals surface area contributed by atoms with Gasteiger partial charge in [0.05, 0.1) is 25.2 Å². The van der Waals surface area contributed by atoms with E-state index in [-0.39, 0.29) is 11.9 Å². The monoisotopic (exact) mass is 354 g/mol. The lowest BCUT2D eigenvalue weighted by Gasteiger charge is -2.33. The number of hydrogen-bond acceptors (Lipinski definition) is 5. The fourth-order valence-corrected chi connectivity index (χ4v) is 4.57. The Bertz CT molecular complexity index is 831. The maximum atomic E-state index is 13.3. The standard InChI is InChI=1S/C20H21NO5/c1-11(2)9-15-20-8-7-14(26-20)16(19(23)24)17(20)18(22)21(15)12-5-4-6-13(10-12)25-3/h4-8,10,14-17H,1,9H2,2-3H3,(H,23,24)/p-1/t14-,15+,16+,17-,20+/m0/s1. The van der Waals surface area contributed by atoms with Gasteiger partial charge in [0.25, 0.3) is 0 Å². The number of carbonyl (C=O) groups is 2. The Hall–Kier alpha value is -2.60. The van der Waals surface area contributed by atoms with E-state index in [9.17, 15) is 14.7 Å². The summed E-state index contributed by atoms with van der Waals surface area (Å²) in [4.78, 5) is 26.7. The van der Waals surface area contributed by atoms with E-state index in [0.717, 1.165) is 5.57 Å². The summed E-state index contributed by atoms with van der Waals surface area (Å²) in [5.74, 6) is -2.66. The Morgan fingerprint density at radius 2 is 2.23 bits per heavy atom. The van der Waals surface area contributed by atoms with Gasteiger partial charge in [0.15, 0.2) is 0 Å². The average Bonchev–Trinajstić information content (AvgIpc) is 3.24. The Morgan fingerprint density at radius 3 is 2.88 bits per heavy atom. The molecule has 1 spiro atoms. The normalized spacial score (nSPS) is 34.2. The second-order valence-corrected chi connectivity index (χ2v) is 7.20. The molecule has 6 heteroatoms. The van der Waals surface area contributed by atoms with Crippen LogP contribution in [0.5, 0.6) is 5.75 Å². The van der Waals surface area contributed by atoms with Gasteiger partial charge in [0.2, 0.25) is 5.91 Å². The minimum Gasteiger partial charge on any atom is -0.550 e. The molecule has 0 radical (unpaired) electrons. The first kappa shape index (κ1) is 16.8. The number of amides is 1. The predicted molar refractivity (Wildman–Crippen MR) is 92.4 cm³/mol. The Morgan fingerprint density at radius 1 is 1.46 bits per heavy atom. The molecule has 3 heterocycles. The van der Waals surface area contributed by atoms with E-state index >= 15 is 0 Å². The van der Waals surface area contributed by atoms with E-state index in [1.807, 2.05) is 19.1 Å². The first-order chi connectivity index (χ1) is 12.4. The second kappa shape index (κ2) is 5.71. The van der Waals surface area contributed by atoms with E-state index in [2.05, 4.69) is 6.58 Å². The number of carbonyl (C=O) groups excluding carboxylic acids is 2. The Balaban J connectivity index is 1.84. The van der Waals surface area contributed by atoms with Gasteiger partial charge in [-0.25, -0.2) is 0 Å². The highest BCUT2D eigenvalue weighted by Crippen LogP contribution is 2.56. The molecule has 2 saturated heterocycles. The summed E-state index contributed by atoms with van der Waals surface area (Å²) in [6.07, 6.45) is 3.49. The molecule has 0 N–H and O–H groups in total. The van der Waals surface area contributed by atoms with Crippen LogP contribution in [0.2, 0.25) is 0 Å². The van der Waals surface area contributed by atoms with E-state index in [0.29, 0.717) is 17.9 Å². The summed E-state index contributed by atoms with van der Waals surface area (Å²) in [5, 5.41) is 11.7. The van der Waals surface area contributed by atoms with Crippen LogP contribution in [0.15, 0.2) is 48.6 Å². The molecule has 3 aliphatic heterocycles. The molecule has 0 saturated carbocycles. The molecule has 3 aliphatic rings. The lowest BCUT2D eigenvalue weighted by molar-refractivity contribution is -0.313. The van der Waals surface area contributed by atoms with Crippen molar-refractivity contribution in [1.82, 2.24) is 0 Å².